The molecule has 1 unspecified atom stereocenters. The van der Waals surface area contributed by atoms with E-state index in [1.165, 1.54) is 12.3 Å². The number of carboxylic acids is 1. The third-order valence-corrected chi connectivity index (χ3v) is 5.02. The highest BCUT2D eigenvalue weighted by Crippen LogP contribution is 2.34. The lowest BCUT2D eigenvalue weighted by atomic mass is 9.94. The Hall–Kier alpha value is -1.99. The number of carboxylic acid groups (broad SMARTS) is 1. The van der Waals surface area contributed by atoms with Crippen molar-refractivity contribution in [1.82, 2.24) is 5.16 Å². The first-order valence-corrected chi connectivity index (χ1v) is 8.97. The molecule has 0 aliphatic carbocycles. The number of halogens is 1. The maximum atomic E-state index is 12.1. The van der Waals surface area contributed by atoms with Gasteiger partial charge in [-0.15, -0.1) is 0 Å². The van der Waals surface area contributed by atoms with Crippen LogP contribution >= 0.6 is 11.6 Å². The van der Waals surface area contributed by atoms with Crippen LogP contribution in [0.1, 0.15) is 48.1 Å². The molecule has 0 aliphatic heterocycles. The smallest absolute Gasteiger partial charge is 0.336 e. The van der Waals surface area contributed by atoms with Crippen LogP contribution in [0.15, 0.2) is 21.1 Å². The Morgan fingerprint density at radius 1 is 1.32 bits per heavy atom. The zero-order chi connectivity index (χ0) is 18.9. The van der Waals surface area contributed by atoms with Crippen molar-refractivity contribution in [3.05, 3.63) is 39.7 Å². The van der Waals surface area contributed by atoms with E-state index in [1.807, 2.05) is 0 Å². The second-order valence-corrected chi connectivity index (χ2v) is 8.92. The molecular weight excluding hydrogens is 364 g/mol. The van der Waals surface area contributed by atoms with Crippen molar-refractivity contribution in [1.29, 1.82) is 0 Å². The van der Waals surface area contributed by atoms with Crippen LogP contribution in [0.2, 0.25) is 5.02 Å². The van der Waals surface area contributed by atoms with Gasteiger partial charge in [0.25, 0.3) is 0 Å². The van der Waals surface area contributed by atoms with Crippen molar-refractivity contribution < 1.29 is 18.6 Å². The maximum Gasteiger partial charge on any atom is 0.336 e. The third kappa shape index (κ3) is 4.16. The standard InChI is InChI=1S/C17H19ClN2O4S/c1-9-6-11(18)7-12(16(21)22)14(9)15-10(2)20-24-13(15)8-19-25(23)17(3,4)5/h6-8H,1-5H3,(H,21,22). The molecule has 1 N–H and O–H groups in total. The zero-order valence-corrected chi connectivity index (χ0v) is 16.2. The van der Waals surface area contributed by atoms with Crippen molar-refractivity contribution in [2.24, 2.45) is 4.40 Å². The van der Waals surface area contributed by atoms with Gasteiger partial charge in [0.2, 0.25) is 0 Å². The van der Waals surface area contributed by atoms with E-state index in [1.54, 1.807) is 40.7 Å². The second kappa shape index (κ2) is 7.09. The Morgan fingerprint density at radius 2 is 1.96 bits per heavy atom. The minimum atomic E-state index is -1.47. The highest BCUT2D eigenvalue weighted by molar-refractivity contribution is 7.85. The number of aryl methyl sites for hydroxylation is 2. The molecule has 0 amide bonds. The summed E-state index contributed by atoms with van der Waals surface area (Å²) in [5.41, 5.74) is 2.18. The highest BCUT2D eigenvalue weighted by Gasteiger charge is 2.24. The fourth-order valence-corrected chi connectivity index (χ4v) is 3.06. The van der Waals surface area contributed by atoms with Crippen molar-refractivity contribution in [3.8, 4) is 11.1 Å². The number of nitrogens with zero attached hydrogens (tertiary/aromatic N) is 2. The maximum absolute atomic E-state index is 12.1. The topological polar surface area (TPSA) is 92.8 Å². The van der Waals surface area contributed by atoms with Crippen molar-refractivity contribution >= 4 is 34.8 Å². The van der Waals surface area contributed by atoms with Crippen LogP contribution in [-0.2, 0) is 11.0 Å². The number of hydrogen-bond acceptors (Lipinski definition) is 4. The Balaban J connectivity index is 2.64. The van der Waals surface area contributed by atoms with E-state index >= 15 is 0 Å². The zero-order valence-electron chi connectivity index (χ0n) is 14.6. The molecule has 8 heteroatoms. The van der Waals surface area contributed by atoms with Crippen molar-refractivity contribution in [2.45, 2.75) is 39.4 Å². The van der Waals surface area contributed by atoms with Crippen molar-refractivity contribution in [2.75, 3.05) is 0 Å². The lowest BCUT2D eigenvalue weighted by molar-refractivity contribution is 0.0697. The van der Waals surface area contributed by atoms with Gasteiger partial charge >= 0.3 is 5.97 Å². The summed E-state index contributed by atoms with van der Waals surface area (Å²) in [6.07, 6.45) is 1.33. The number of carbonyl (C=O) groups is 1. The predicted molar refractivity (Wildman–Crippen MR) is 98.9 cm³/mol. The molecular formula is C17H19ClN2O4S. The molecule has 1 atom stereocenters. The van der Waals surface area contributed by atoms with E-state index in [2.05, 4.69) is 9.55 Å². The monoisotopic (exact) mass is 382 g/mol. The molecule has 2 rings (SSSR count). The number of aromatic nitrogens is 1. The molecule has 134 valence electrons. The molecule has 1 aromatic heterocycles. The average Bonchev–Trinajstić information content (AvgIpc) is 2.84. The summed E-state index contributed by atoms with van der Waals surface area (Å²) in [6, 6.07) is 3.05. The molecule has 0 saturated heterocycles. The molecule has 0 radical (unpaired) electrons. The molecule has 0 spiro atoms. The van der Waals surface area contributed by atoms with Gasteiger partial charge in [-0.1, -0.05) is 16.8 Å². The van der Waals surface area contributed by atoms with Gasteiger partial charge < -0.3 is 9.63 Å². The van der Waals surface area contributed by atoms with Crippen LogP contribution in [0, 0.1) is 13.8 Å². The van der Waals surface area contributed by atoms with Crippen LogP contribution in [-0.4, -0.2) is 31.4 Å². The van der Waals surface area contributed by atoms with Crippen LogP contribution in [0.5, 0.6) is 0 Å². The SMILES string of the molecule is Cc1cc(Cl)cc(C(=O)O)c1-c1c(C)noc1C=NS(=O)C(C)(C)C. The van der Waals surface area contributed by atoms with Gasteiger partial charge in [0.1, 0.15) is 11.0 Å². The van der Waals surface area contributed by atoms with E-state index in [0.717, 1.165) is 0 Å². The Bertz CT molecular complexity index is 882. The van der Waals surface area contributed by atoms with Gasteiger partial charge in [0.15, 0.2) is 5.76 Å². The molecule has 6 nitrogen and oxygen atoms in total. The quantitative estimate of drug-likeness (QED) is 0.800. The van der Waals surface area contributed by atoms with E-state index in [-0.39, 0.29) is 11.3 Å². The normalized spacial score (nSPS) is 13.4. The molecule has 0 saturated carbocycles. The largest absolute Gasteiger partial charge is 0.478 e. The summed E-state index contributed by atoms with van der Waals surface area (Å²) in [5, 5.41) is 13.8. The first kappa shape index (κ1) is 19.3. The van der Waals surface area contributed by atoms with E-state index in [4.69, 9.17) is 16.1 Å². The van der Waals surface area contributed by atoms with Gasteiger partial charge in [-0.2, -0.15) is 4.40 Å². The molecule has 1 aromatic carbocycles. The lowest BCUT2D eigenvalue weighted by Crippen LogP contribution is -2.19. The number of hydrogen-bond donors (Lipinski definition) is 1. The molecule has 0 bridgehead atoms. The van der Waals surface area contributed by atoms with Crippen LogP contribution < -0.4 is 0 Å². The summed E-state index contributed by atoms with van der Waals surface area (Å²) >= 11 is 5.99. The average molecular weight is 383 g/mol. The molecule has 1 heterocycles. The molecule has 25 heavy (non-hydrogen) atoms. The number of benzene rings is 1. The minimum Gasteiger partial charge on any atom is -0.478 e. The molecule has 2 aromatic rings. The first-order chi connectivity index (χ1) is 11.5. The fraction of sp³-hybridized carbons (Fsp3) is 0.353. The Labute approximate surface area is 153 Å². The Kier molecular flexibility index (Phi) is 5.49. The Morgan fingerprint density at radius 3 is 2.52 bits per heavy atom. The van der Waals surface area contributed by atoms with Gasteiger partial charge in [-0.25, -0.2) is 9.00 Å². The molecule has 0 aliphatic rings. The minimum absolute atomic E-state index is 0.0443. The van der Waals surface area contributed by atoms with Crippen LogP contribution in [0.25, 0.3) is 11.1 Å². The number of rotatable bonds is 4. The van der Waals surface area contributed by atoms with Gasteiger partial charge in [0.05, 0.1) is 27.8 Å². The van der Waals surface area contributed by atoms with E-state index < -0.39 is 21.7 Å². The van der Waals surface area contributed by atoms with Crippen molar-refractivity contribution in [3.63, 3.8) is 0 Å². The first-order valence-electron chi connectivity index (χ1n) is 7.48. The summed E-state index contributed by atoms with van der Waals surface area (Å²) < 4.78 is 20.9. The molecule has 0 fully saturated rings. The second-order valence-electron chi connectivity index (χ2n) is 6.55. The summed E-state index contributed by atoms with van der Waals surface area (Å²) in [6.45, 7) is 8.88. The van der Waals surface area contributed by atoms with Gasteiger partial charge in [-0.05, 0) is 52.3 Å². The predicted octanol–water partition coefficient (Wildman–Crippen LogP) is 4.19. The lowest BCUT2D eigenvalue weighted by Gasteiger charge is -2.13. The van der Waals surface area contributed by atoms with E-state index in [9.17, 15) is 14.1 Å². The number of aromatic carboxylic acids is 1. The van der Waals surface area contributed by atoms with E-state index in [0.29, 0.717) is 27.4 Å². The van der Waals surface area contributed by atoms with Crippen LogP contribution in [0.3, 0.4) is 0 Å². The third-order valence-electron chi connectivity index (χ3n) is 3.46. The fourth-order valence-electron chi connectivity index (χ4n) is 2.28. The summed E-state index contributed by atoms with van der Waals surface area (Å²) in [4.78, 5) is 11.6. The summed E-state index contributed by atoms with van der Waals surface area (Å²) in [7, 11) is -1.47. The van der Waals surface area contributed by atoms with Gasteiger partial charge in [0, 0.05) is 10.6 Å². The van der Waals surface area contributed by atoms with Crippen LogP contribution in [0.4, 0.5) is 0 Å². The highest BCUT2D eigenvalue weighted by atomic mass is 35.5. The van der Waals surface area contributed by atoms with Gasteiger partial charge in [-0.3, -0.25) is 0 Å². The summed E-state index contributed by atoms with van der Waals surface area (Å²) in [5.74, 6) is -0.856.